The highest BCUT2D eigenvalue weighted by Gasteiger charge is 2.15. The first-order valence-corrected chi connectivity index (χ1v) is 4.67. The molecule has 0 amide bonds. The summed E-state index contributed by atoms with van der Waals surface area (Å²) >= 11 is 0. The van der Waals surface area contributed by atoms with Crippen LogP contribution < -0.4 is 9.47 Å². The van der Waals surface area contributed by atoms with E-state index < -0.39 is 6.10 Å². The van der Waals surface area contributed by atoms with Crippen molar-refractivity contribution in [3.05, 3.63) is 35.9 Å². The van der Waals surface area contributed by atoms with E-state index in [9.17, 15) is 5.11 Å². The van der Waals surface area contributed by atoms with Gasteiger partial charge in [0.25, 0.3) is 0 Å². The second-order valence-corrected chi connectivity index (χ2v) is 3.20. The number of benzene rings is 1. The standard InChI is InChI=1S/C12H16O3/c1-5-10(13)9-6-7-11(14-3)8(2)12(9)15-4/h5-7,10,13H,1H2,2-4H3. The molecular weight excluding hydrogens is 192 g/mol. The van der Waals surface area contributed by atoms with Gasteiger partial charge in [-0.1, -0.05) is 6.08 Å². The van der Waals surface area contributed by atoms with Crippen LogP contribution in [0.1, 0.15) is 17.2 Å². The van der Waals surface area contributed by atoms with Crippen LogP contribution in [0, 0.1) is 6.92 Å². The van der Waals surface area contributed by atoms with Gasteiger partial charge in [-0.2, -0.15) is 0 Å². The Morgan fingerprint density at radius 3 is 2.47 bits per heavy atom. The van der Waals surface area contributed by atoms with Crippen LogP contribution in [-0.2, 0) is 0 Å². The zero-order valence-corrected chi connectivity index (χ0v) is 9.28. The highest BCUT2D eigenvalue weighted by molar-refractivity contribution is 5.50. The molecule has 0 aliphatic rings. The minimum absolute atomic E-state index is 0.641. The molecule has 0 fully saturated rings. The second kappa shape index (κ2) is 4.84. The van der Waals surface area contributed by atoms with Crippen molar-refractivity contribution in [3.8, 4) is 11.5 Å². The zero-order valence-electron chi connectivity index (χ0n) is 9.28. The highest BCUT2D eigenvalue weighted by Crippen LogP contribution is 2.34. The topological polar surface area (TPSA) is 38.7 Å². The molecule has 0 saturated heterocycles. The largest absolute Gasteiger partial charge is 0.496 e. The molecule has 1 unspecified atom stereocenters. The minimum atomic E-state index is -0.718. The van der Waals surface area contributed by atoms with Crippen LogP contribution in [-0.4, -0.2) is 19.3 Å². The van der Waals surface area contributed by atoms with Gasteiger partial charge in [0.2, 0.25) is 0 Å². The number of aliphatic hydroxyl groups excluding tert-OH is 1. The van der Waals surface area contributed by atoms with E-state index in [4.69, 9.17) is 9.47 Å². The van der Waals surface area contributed by atoms with Crippen molar-refractivity contribution in [2.24, 2.45) is 0 Å². The molecule has 0 radical (unpaired) electrons. The Kier molecular flexibility index (Phi) is 3.74. The smallest absolute Gasteiger partial charge is 0.131 e. The molecule has 1 aromatic carbocycles. The lowest BCUT2D eigenvalue weighted by atomic mass is 10.0. The van der Waals surface area contributed by atoms with E-state index in [-0.39, 0.29) is 0 Å². The van der Waals surface area contributed by atoms with Crippen LogP contribution in [0.2, 0.25) is 0 Å². The van der Waals surface area contributed by atoms with Gasteiger partial charge >= 0.3 is 0 Å². The van der Waals surface area contributed by atoms with Crippen LogP contribution >= 0.6 is 0 Å². The van der Waals surface area contributed by atoms with Gasteiger partial charge in [-0.25, -0.2) is 0 Å². The lowest BCUT2D eigenvalue weighted by Crippen LogP contribution is -2.01. The van der Waals surface area contributed by atoms with Gasteiger partial charge in [-0.3, -0.25) is 0 Å². The fourth-order valence-corrected chi connectivity index (χ4v) is 1.55. The number of hydrogen-bond acceptors (Lipinski definition) is 3. The van der Waals surface area contributed by atoms with Crippen molar-refractivity contribution in [2.75, 3.05) is 14.2 Å². The van der Waals surface area contributed by atoms with Gasteiger partial charge in [-0.05, 0) is 19.1 Å². The van der Waals surface area contributed by atoms with Crippen molar-refractivity contribution in [2.45, 2.75) is 13.0 Å². The molecule has 82 valence electrons. The quantitative estimate of drug-likeness (QED) is 0.771. The van der Waals surface area contributed by atoms with E-state index >= 15 is 0 Å². The van der Waals surface area contributed by atoms with Gasteiger partial charge in [0, 0.05) is 11.1 Å². The highest BCUT2D eigenvalue weighted by atomic mass is 16.5. The first kappa shape index (κ1) is 11.6. The molecule has 0 aliphatic carbocycles. The van der Waals surface area contributed by atoms with Gasteiger partial charge in [-0.15, -0.1) is 6.58 Å². The van der Waals surface area contributed by atoms with E-state index in [1.54, 1.807) is 26.4 Å². The first-order chi connectivity index (χ1) is 7.15. The van der Waals surface area contributed by atoms with E-state index in [0.717, 1.165) is 11.3 Å². The van der Waals surface area contributed by atoms with Crippen LogP contribution in [0.25, 0.3) is 0 Å². The van der Waals surface area contributed by atoms with Crippen LogP contribution in [0.15, 0.2) is 24.8 Å². The summed E-state index contributed by atoms with van der Waals surface area (Å²) in [6.45, 7) is 5.43. The minimum Gasteiger partial charge on any atom is -0.496 e. The Morgan fingerprint density at radius 2 is 2.00 bits per heavy atom. The van der Waals surface area contributed by atoms with E-state index in [0.29, 0.717) is 11.3 Å². The van der Waals surface area contributed by atoms with Gasteiger partial charge < -0.3 is 14.6 Å². The fraction of sp³-hybridized carbons (Fsp3) is 0.333. The Hall–Kier alpha value is -1.48. The third-order valence-corrected chi connectivity index (χ3v) is 2.35. The summed E-state index contributed by atoms with van der Waals surface area (Å²) in [5, 5.41) is 9.69. The predicted molar refractivity (Wildman–Crippen MR) is 59.4 cm³/mol. The average Bonchev–Trinajstić information content (AvgIpc) is 2.27. The molecule has 3 heteroatoms. The molecule has 0 saturated carbocycles. The molecule has 3 nitrogen and oxygen atoms in total. The van der Waals surface area contributed by atoms with Gasteiger partial charge in [0.05, 0.1) is 14.2 Å². The SMILES string of the molecule is C=CC(O)c1ccc(OC)c(C)c1OC. The molecule has 0 bridgehead atoms. The van der Waals surface area contributed by atoms with Crippen molar-refractivity contribution in [1.82, 2.24) is 0 Å². The third-order valence-electron chi connectivity index (χ3n) is 2.35. The monoisotopic (exact) mass is 208 g/mol. The molecule has 0 aliphatic heterocycles. The zero-order chi connectivity index (χ0) is 11.4. The average molecular weight is 208 g/mol. The van der Waals surface area contributed by atoms with Crippen molar-refractivity contribution < 1.29 is 14.6 Å². The molecule has 1 N–H and O–H groups in total. The summed E-state index contributed by atoms with van der Waals surface area (Å²) in [6, 6.07) is 3.58. The van der Waals surface area contributed by atoms with Crippen LogP contribution in [0.4, 0.5) is 0 Å². The van der Waals surface area contributed by atoms with Gasteiger partial charge in [0.15, 0.2) is 0 Å². The Labute approximate surface area is 90.0 Å². The van der Waals surface area contributed by atoms with Crippen LogP contribution in [0.5, 0.6) is 11.5 Å². The fourth-order valence-electron chi connectivity index (χ4n) is 1.55. The molecule has 1 rings (SSSR count). The second-order valence-electron chi connectivity index (χ2n) is 3.20. The lowest BCUT2D eigenvalue weighted by molar-refractivity contribution is 0.222. The maximum absolute atomic E-state index is 9.69. The number of hydrogen-bond donors (Lipinski definition) is 1. The third kappa shape index (κ3) is 2.13. The summed E-state index contributed by atoms with van der Waals surface area (Å²) in [5.41, 5.74) is 1.57. The number of rotatable bonds is 4. The number of aliphatic hydroxyl groups is 1. The lowest BCUT2D eigenvalue weighted by Gasteiger charge is -2.16. The Balaban J connectivity index is 3.30. The normalized spacial score (nSPS) is 12.0. The summed E-state index contributed by atoms with van der Waals surface area (Å²) in [4.78, 5) is 0. The molecule has 0 spiro atoms. The van der Waals surface area contributed by atoms with Gasteiger partial charge in [0.1, 0.15) is 17.6 Å². The maximum atomic E-state index is 9.69. The molecule has 15 heavy (non-hydrogen) atoms. The van der Waals surface area contributed by atoms with Crippen molar-refractivity contribution in [3.63, 3.8) is 0 Å². The van der Waals surface area contributed by atoms with Crippen LogP contribution in [0.3, 0.4) is 0 Å². The Morgan fingerprint density at radius 1 is 1.33 bits per heavy atom. The Bertz CT molecular complexity index is 358. The number of methoxy groups -OCH3 is 2. The summed E-state index contributed by atoms with van der Waals surface area (Å²) in [7, 11) is 3.17. The molecule has 0 heterocycles. The predicted octanol–water partition coefficient (Wildman–Crippen LogP) is 2.23. The maximum Gasteiger partial charge on any atom is 0.131 e. The van der Waals surface area contributed by atoms with Crippen molar-refractivity contribution in [1.29, 1.82) is 0 Å². The van der Waals surface area contributed by atoms with Crippen molar-refractivity contribution >= 4 is 0 Å². The first-order valence-electron chi connectivity index (χ1n) is 4.67. The molecular formula is C12H16O3. The summed E-state index contributed by atoms with van der Waals surface area (Å²) in [5.74, 6) is 1.38. The van der Waals surface area contributed by atoms with E-state index in [2.05, 4.69) is 6.58 Å². The molecule has 0 aromatic heterocycles. The summed E-state index contributed by atoms with van der Waals surface area (Å²) in [6.07, 6.45) is 0.744. The molecule has 1 aromatic rings. The molecule has 1 atom stereocenters. The van der Waals surface area contributed by atoms with E-state index in [1.807, 2.05) is 6.92 Å². The summed E-state index contributed by atoms with van der Waals surface area (Å²) < 4.78 is 10.4. The van der Waals surface area contributed by atoms with E-state index in [1.165, 1.54) is 6.08 Å². The number of ether oxygens (including phenoxy) is 2.